The van der Waals surface area contributed by atoms with Crippen LogP contribution in [0, 0.1) is 0 Å². The Morgan fingerprint density at radius 1 is 0.415 bits per heavy atom. The van der Waals surface area contributed by atoms with Gasteiger partial charge in [0.25, 0.3) is 0 Å². The van der Waals surface area contributed by atoms with Gasteiger partial charge in [-0.25, -0.2) is 0 Å². The van der Waals surface area contributed by atoms with Crippen LogP contribution in [-0.2, 0) is 14.3 Å². The van der Waals surface area contributed by atoms with Gasteiger partial charge >= 0.3 is 5.97 Å². The number of carbonyl (C=O) groups excluding carboxylic acids is 2. The summed E-state index contributed by atoms with van der Waals surface area (Å²) < 4.78 is 5.47. The number of unbranched alkanes of at least 4 members (excludes halogenated alkanes) is 42. The molecular weight excluding hydrogens is 803 g/mol. The summed E-state index contributed by atoms with van der Waals surface area (Å²) in [5.41, 5.74) is 0. The fraction of sp³-hybridized carbons (Fsp3) is 0.932. The number of amides is 1. The van der Waals surface area contributed by atoms with Gasteiger partial charge in [-0.1, -0.05) is 276 Å². The maximum atomic E-state index is 12.5. The second-order valence-corrected chi connectivity index (χ2v) is 20.3. The van der Waals surface area contributed by atoms with E-state index < -0.39 is 12.1 Å². The topological polar surface area (TPSA) is 95.9 Å². The van der Waals surface area contributed by atoms with Crippen LogP contribution >= 0.6 is 0 Å². The Bertz CT molecular complexity index is 970. The highest BCUT2D eigenvalue weighted by atomic mass is 16.5. The molecular formula is C59H115NO5. The van der Waals surface area contributed by atoms with E-state index in [1.54, 1.807) is 0 Å². The minimum atomic E-state index is -0.669. The highest BCUT2D eigenvalue weighted by molar-refractivity contribution is 5.76. The lowest BCUT2D eigenvalue weighted by atomic mass is 10.0. The fourth-order valence-corrected chi connectivity index (χ4v) is 9.28. The van der Waals surface area contributed by atoms with Crippen molar-refractivity contribution >= 4 is 11.9 Å². The van der Waals surface area contributed by atoms with E-state index >= 15 is 0 Å². The zero-order valence-electron chi connectivity index (χ0n) is 44.0. The van der Waals surface area contributed by atoms with E-state index in [0.29, 0.717) is 25.9 Å². The molecule has 6 heteroatoms. The van der Waals surface area contributed by atoms with Crippen molar-refractivity contribution in [1.82, 2.24) is 5.32 Å². The van der Waals surface area contributed by atoms with Crippen molar-refractivity contribution < 1.29 is 24.5 Å². The van der Waals surface area contributed by atoms with Crippen molar-refractivity contribution in [2.24, 2.45) is 0 Å². The highest BCUT2D eigenvalue weighted by Gasteiger charge is 2.20. The molecule has 6 nitrogen and oxygen atoms in total. The van der Waals surface area contributed by atoms with Crippen LogP contribution in [0.1, 0.15) is 328 Å². The minimum absolute atomic E-state index is 0.00746. The largest absolute Gasteiger partial charge is 0.466 e. The third-order valence-electron chi connectivity index (χ3n) is 13.8. The summed E-state index contributed by atoms with van der Waals surface area (Å²) in [6.45, 7) is 4.96. The van der Waals surface area contributed by atoms with E-state index in [0.717, 1.165) is 38.5 Å². The Hall–Kier alpha value is -1.40. The Labute approximate surface area is 406 Å². The van der Waals surface area contributed by atoms with Gasteiger partial charge in [0.1, 0.15) is 0 Å². The third-order valence-corrected chi connectivity index (χ3v) is 13.8. The number of hydrogen-bond donors (Lipinski definition) is 3. The van der Waals surface area contributed by atoms with E-state index in [1.807, 2.05) is 0 Å². The monoisotopic (exact) mass is 918 g/mol. The molecule has 0 saturated carbocycles. The van der Waals surface area contributed by atoms with Crippen molar-refractivity contribution in [2.75, 3.05) is 13.2 Å². The van der Waals surface area contributed by atoms with E-state index in [1.165, 1.54) is 257 Å². The number of esters is 1. The van der Waals surface area contributed by atoms with Crippen LogP contribution in [0.25, 0.3) is 0 Å². The molecule has 0 aliphatic heterocycles. The number of rotatable bonds is 55. The lowest BCUT2D eigenvalue weighted by molar-refractivity contribution is -0.143. The number of ether oxygens (including phenoxy) is 1. The number of aliphatic hydroxyl groups excluding tert-OH is 2. The molecule has 1 amide bonds. The van der Waals surface area contributed by atoms with Crippen molar-refractivity contribution in [2.45, 2.75) is 341 Å². The molecule has 0 aliphatic rings. The predicted molar refractivity (Wildman–Crippen MR) is 283 cm³/mol. The first-order valence-corrected chi connectivity index (χ1v) is 29.4. The Kier molecular flexibility index (Phi) is 54.0. The Morgan fingerprint density at radius 2 is 0.723 bits per heavy atom. The molecule has 65 heavy (non-hydrogen) atoms. The first-order chi connectivity index (χ1) is 32.0. The van der Waals surface area contributed by atoms with Gasteiger partial charge in [0.15, 0.2) is 0 Å². The van der Waals surface area contributed by atoms with Crippen LogP contribution in [0.4, 0.5) is 0 Å². The van der Waals surface area contributed by atoms with E-state index in [9.17, 15) is 19.8 Å². The van der Waals surface area contributed by atoms with Gasteiger partial charge in [-0.05, 0) is 51.4 Å². The summed E-state index contributed by atoms with van der Waals surface area (Å²) in [7, 11) is 0. The SMILES string of the molecule is CCCCCCCCCCCCCCCCCCC(O)C(CO)NC(=O)CCCCCCCCC/C=C\CCCCCCCCCCCOC(=O)CCCCCCCCCCCCCC. The summed E-state index contributed by atoms with van der Waals surface area (Å²) in [4.78, 5) is 24.5. The average molecular weight is 919 g/mol. The average Bonchev–Trinajstić information content (AvgIpc) is 3.31. The van der Waals surface area contributed by atoms with Gasteiger partial charge in [0.2, 0.25) is 5.91 Å². The lowest BCUT2D eigenvalue weighted by Gasteiger charge is -2.22. The van der Waals surface area contributed by atoms with Crippen LogP contribution in [-0.4, -0.2) is 47.4 Å². The Morgan fingerprint density at radius 3 is 1.09 bits per heavy atom. The van der Waals surface area contributed by atoms with Gasteiger partial charge in [-0.15, -0.1) is 0 Å². The molecule has 0 saturated heterocycles. The van der Waals surface area contributed by atoms with Crippen LogP contribution in [0.5, 0.6) is 0 Å². The normalized spacial score (nSPS) is 12.6. The molecule has 0 spiro atoms. The highest BCUT2D eigenvalue weighted by Crippen LogP contribution is 2.17. The molecule has 0 rings (SSSR count). The molecule has 0 heterocycles. The first-order valence-electron chi connectivity index (χ1n) is 29.4. The predicted octanol–water partition coefficient (Wildman–Crippen LogP) is 18.1. The van der Waals surface area contributed by atoms with Crippen molar-refractivity contribution in [3.05, 3.63) is 12.2 Å². The van der Waals surface area contributed by atoms with Gasteiger partial charge in [0, 0.05) is 12.8 Å². The van der Waals surface area contributed by atoms with Crippen LogP contribution < -0.4 is 5.32 Å². The van der Waals surface area contributed by atoms with Crippen LogP contribution in [0.3, 0.4) is 0 Å². The Balaban J connectivity index is 3.43. The first kappa shape index (κ1) is 63.6. The zero-order chi connectivity index (χ0) is 47.2. The maximum absolute atomic E-state index is 12.5. The number of carbonyl (C=O) groups is 2. The molecule has 2 unspecified atom stereocenters. The molecule has 386 valence electrons. The van der Waals surface area contributed by atoms with Gasteiger partial charge in [0.05, 0.1) is 25.4 Å². The number of hydrogen-bond acceptors (Lipinski definition) is 5. The summed E-state index contributed by atoms with van der Waals surface area (Å²) in [6.07, 6.45) is 64.9. The molecule has 3 N–H and O–H groups in total. The quantitative estimate of drug-likeness (QED) is 0.0321. The van der Waals surface area contributed by atoms with E-state index in [2.05, 4.69) is 31.3 Å². The lowest BCUT2D eigenvalue weighted by Crippen LogP contribution is -2.45. The molecule has 0 aromatic carbocycles. The van der Waals surface area contributed by atoms with Crippen molar-refractivity contribution in [3.63, 3.8) is 0 Å². The molecule has 0 aliphatic carbocycles. The summed E-state index contributed by atoms with van der Waals surface area (Å²) >= 11 is 0. The summed E-state index contributed by atoms with van der Waals surface area (Å²) in [6, 6.07) is -0.547. The number of aliphatic hydroxyl groups is 2. The smallest absolute Gasteiger partial charge is 0.305 e. The summed E-state index contributed by atoms with van der Waals surface area (Å²) in [5.74, 6) is -0.0338. The molecule has 0 aromatic heterocycles. The second-order valence-electron chi connectivity index (χ2n) is 20.3. The van der Waals surface area contributed by atoms with E-state index in [-0.39, 0.29) is 18.5 Å². The number of allylic oxidation sites excluding steroid dienone is 2. The maximum Gasteiger partial charge on any atom is 0.305 e. The van der Waals surface area contributed by atoms with Crippen molar-refractivity contribution in [3.8, 4) is 0 Å². The molecule has 0 radical (unpaired) electrons. The standard InChI is InChI=1S/C59H115NO5/c1-3-5-7-9-11-13-15-17-18-25-28-31-35-39-43-47-51-57(62)56(55-61)60-58(63)52-48-44-40-36-32-29-26-23-21-19-20-22-24-27-30-34-38-42-46-50-54-65-59(64)53-49-45-41-37-33-16-14-12-10-8-6-4-2/h19,21,56-57,61-62H,3-18,20,22-55H2,1-2H3,(H,60,63)/b21-19-. The third kappa shape index (κ3) is 51.8. The van der Waals surface area contributed by atoms with Gasteiger partial charge < -0.3 is 20.3 Å². The molecule has 0 bridgehead atoms. The fourth-order valence-electron chi connectivity index (χ4n) is 9.28. The van der Waals surface area contributed by atoms with Gasteiger partial charge in [-0.3, -0.25) is 9.59 Å². The second kappa shape index (κ2) is 55.2. The molecule has 0 fully saturated rings. The summed E-state index contributed by atoms with van der Waals surface area (Å²) in [5, 5.41) is 23.3. The van der Waals surface area contributed by atoms with Gasteiger partial charge in [-0.2, -0.15) is 0 Å². The van der Waals surface area contributed by atoms with Crippen molar-refractivity contribution in [1.29, 1.82) is 0 Å². The minimum Gasteiger partial charge on any atom is -0.466 e. The zero-order valence-corrected chi connectivity index (χ0v) is 44.0. The van der Waals surface area contributed by atoms with E-state index in [4.69, 9.17) is 4.74 Å². The molecule has 2 atom stereocenters. The number of nitrogens with one attached hydrogen (secondary N) is 1. The molecule has 0 aromatic rings. The van der Waals surface area contributed by atoms with Crippen LogP contribution in [0.2, 0.25) is 0 Å². The van der Waals surface area contributed by atoms with Crippen LogP contribution in [0.15, 0.2) is 12.2 Å².